The van der Waals surface area contributed by atoms with Crippen LogP contribution in [-0.2, 0) is 9.05 Å². The zero-order chi connectivity index (χ0) is 9.83. The second-order valence-electron chi connectivity index (χ2n) is 1.95. The van der Waals surface area contributed by atoms with Crippen LogP contribution in [0.5, 0.6) is 0 Å². The molecule has 12 heavy (non-hydrogen) atoms. The first kappa shape index (κ1) is 13.2. The first-order valence-electron chi connectivity index (χ1n) is 3.44. The molecule has 0 amide bonds. The molecule has 0 heterocycles. The molecule has 0 aromatic carbocycles. The van der Waals surface area contributed by atoms with Crippen molar-refractivity contribution in [2.24, 2.45) is 0 Å². The van der Waals surface area contributed by atoms with Crippen LogP contribution in [0.3, 0.4) is 0 Å². The van der Waals surface area contributed by atoms with Crippen LogP contribution >= 0.6 is 39.8 Å². The maximum absolute atomic E-state index is 13.2. The summed E-state index contributed by atoms with van der Waals surface area (Å²) < 4.78 is 20.7. The minimum absolute atomic E-state index is 0.200. The summed E-state index contributed by atoms with van der Waals surface area (Å²) in [7, 11) is -3.78. The van der Waals surface area contributed by atoms with Crippen LogP contribution in [-0.4, -0.2) is 21.3 Å². The second-order valence-corrected chi connectivity index (χ2v) is 9.09. The van der Waals surface area contributed by atoms with Gasteiger partial charge in [-0.1, -0.05) is 0 Å². The summed E-state index contributed by atoms with van der Waals surface area (Å²) in [5, 5.41) is 0. The third-order valence-electron chi connectivity index (χ3n) is 1.04. The molecule has 0 rings (SSSR count). The van der Waals surface area contributed by atoms with Crippen molar-refractivity contribution in [3.63, 3.8) is 0 Å². The van der Waals surface area contributed by atoms with Gasteiger partial charge in [-0.3, -0.25) is 0 Å². The SMILES string of the molecule is CCO[PH](O)(OCC)C(F)(Br)Br. The third-order valence-corrected chi connectivity index (χ3v) is 6.12. The van der Waals surface area contributed by atoms with Crippen LogP contribution in [0.15, 0.2) is 0 Å². The van der Waals surface area contributed by atoms with E-state index < -0.39 is 11.2 Å². The maximum atomic E-state index is 13.2. The van der Waals surface area contributed by atoms with Gasteiger partial charge in [-0.05, 0) is 0 Å². The summed E-state index contributed by atoms with van der Waals surface area (Å²) in [5.41, 5.74) is 0. The van der Waals surface area contributed by atoms with Gasteiger partial charge in [0, 0.05) is 0 Å². The Bertz CT molecular complexity index is 135. The van der Waals surface area contributed by atoms with Crippen molar-refractivity contribution < 1.29 is 18.3 Å². The van der Waals surface area contributed by atoms with Gasteiger partial charge in [0.1, 0.15) is 0 Å². The number of halogens is 3. The first-order chi connectivity index (χ1) is 5.37. The van der Waals surface area contributed by atoms with E-state index >= 15 is 0 Å². The Morgan fingerprint density at radius 1 is 1.33 bits per heavy atom. The number of rotatable bonds is 5. The standard InChI is InChI=1S/C5H12Br2FO3P/c1-3-10-12(9,11-4-2)5(6,7)8/h9,12H,3-4H2,1-2H3. The van der Waals surface area contributed by atoms with Crippen molar-refractivity contribution in [3.05, 3.63) is 0 Å². The molecule has 0 unspecified atom stereocenters. The van der Waals surface area contributed by atoms with Gasteiger partial charge in [-0.2, -0.15) is 0 Å². The summed E-state index contributed by atoms with van der Waals surface area (Å²) in [5.74, 6) is 0. The van der Waals surface area contributed by atoms with E-state index in [0.29, 0.717) is 0 Å². The molecule has 0 saturated heterocycles. The molecule has 0 aromatic rings. The van der Waals surface area contributed by atoms with Crippen LogP contribution in [0.25, 0.3) is 0 Å². The Hall–Kier alpha value is 1.20. The molecule has 0 radical (unpaired) electrons. The van der Waals surface area contributed by atoms with E-state index in [2.05, 4.69) is 31.9 Å². The molecule has 0 saturated carbocycles. The molecule has 0 atom stereocenters. The molecular weight excluding hydrogens is 318 g/mol. The number of alkyl halides is 3. The van der Waals surface area contributed by atoms with Gasteiger partial charge in [0.25, 0.3) is 0 Å². The molecule has 76 valence electrons. The fourth-order valence-electron chi connectivity index (χ4n) is 0.597. The van der Waals surface area contributed by atoms with Crippen LogP contribution in [0.1, 0.15) is 13.8 Å². The van der Waals surface area contributed by atoms with E-state index in [1.54, 1.807) is 13.8 Å². The predicted molar refractivity (Wildman–Crippen MR) is 55.5 cm³/mol. The topological polar surface area (TPSA) is 38.7 Å². The zero-order valence-electron chi connectivity index (χ0n) is 6.81. The normalized spacial score (nSPS) is 14.8. The number of hydrogen-bond donors (Lipinski definition) is 1. The van der Waals surface area contributed by atoms with E-state index in [4.69, 9.17) is 9.05 Å². The van der Waals surface area contributed by atoms with E-state index in [0.717, 1.165) is 0 Å². The van der Waals surface area contributed by atoms with Crippen molar-refractivity contribution in [3.8, 4) is 0 Å². The van der Waals surface area contributed by atoms with Crippen molar-refractivity contribution in [1.82, 2.24) is 0 Å². The summed E-state index contributed by atoms with van der Waals surface area (Å²) in [6.07, 6.45) is 0. The molecule has 0 fully saturated rings. The predicted octanol–water partition coefficient (Wildman–Crippen LogP) is 2.92. The Balaban J connectivity index is 4.38. The van der Waals surface area contributed by atoms with Crippen LogP contribution in [0.2, 0.25) is 0 Å². The quantitative estimate of drug-likeness (QED) is 0.622. The summed E-state index contributed by atoms with van der Waals surface area (Å²) in [6.45, 7) is 3.71. The molecule has 0 aliphatic heterocycles. The van der Waals surface area contributed by atoms with E-state index in [1.165, 1.54) is 0 Å². The fourth-order valence-corrected chi connectivity index (χ4v) is 3.16. The molecule has 0 aliphatic carbocycles. The first-order valence-corrected chi connectivity index (χ1v) is 6.79. The third kappa shape index (κ3) is 3.52. The molecule has 1 N–H and O–H groups in total. The summed E-state index contributed by atoms with van der Waals surface area (Å²) in [4.78, 5) is 9.57. The molecule has 0 aromatic heterocycles. The van der Waals surface area contributed by atoms with Gasteiger partial charge in [0.2, 0.25) is 0 Å². The Kier molecular flexibility index (Phi) is 5.69. The molecule has 0 spiro atoms. The van der Waals surface area contributed by atoms with E-state index in [-0.39, 0.29) is 13.2 Å². The Labute approximate surface area is 88.5 Å². The van der Waals surface area contributed by atoms with Crippen molar-refractivity contribution in [2.45, 2.75) is 17.1 Å². The fraction of sp³-hybridized carbons (Fsp3) is 1.00. The van der Waals surface area contributed by atoms with Gasteiger partial charge >= 0.3 is 88.4 Å². The van der Waals surface area contributed by atoms with Gasteiger partial charge < -0.3 is 0 Å². The molecule has 7 heteroatoms. The molecule has 0 aliphatic rings. The van der Waals surface area contributed by atoms with Crippen LogP contribution < -0.4 is 0 Å². The second kappa shape index (κ2) is 5.17. The van der Waals surface area contributed by atoms with Gasteiger partial charge in [-0.15, -0.1) is 0 Å². The van der Waals surface area contributed by atoms with Gasteiger partial charge in [0.05, 0.1) is 0 Å². The molecular formula is C5H12Br2FO3P. The van der Waals surface area contributed by atoms with Crippen LogP contribution in [0.4, 0.5) is 4.39 Å². The number of hydrogen-bond acceptors (Lipinski definition) is 3. The minimum atomic E-state index is -3.78. The Morgan fingerprint density at radius 3 is 1.83 bits per heavy atom. The molecule has 0 bridgehead atoms. The Morgan fingerprint density at radius 2 is 1.67 bits per heavy atom. The zero-order valence-corrected chi connectivity index (χ0v) is 11.0. The van der Waals surface area contributed by atoms with E-state index in [9.17, 15) is 9.28 Å². The monoisotopic (exact) mass is 328 g/mol. The summed E-state index contributed by atoms with van der Waals surface area (Å²) in [6, 6.07) is 0. The average Bonchev–Trinajstić information content (AvgIpc) is 1.86. The average molecular weight is 330 g/mol. The van der Waals surface area contributed by atoms with Gasteiger partial charge in [0.15, 0.2) is 0 Å². The summed E-state index contributed by atoms with van der Waals surface area (Å²) >= 11 is 5.23. The van der Waals surface area contributed by atoms with Crippen LogP contribution in [0, 0.1) is 0 Å². The van der Waals surface area contributed by atoms with Gasteiger partial charge in [-0.25, -0.2) is 0 Å². The van der Waals surface area contributed by atoms with E-state index in [1.807, 2.05) is 0 Å². The van der Waals surface area contributed by atoms with Crippen molar-refractivity contribution in [2.75, 3.05) is 13.2 Å². The van der Waals surface area contributed by atoms with Crippen molar-refractivity contribution in [1.29, 1.82) is 0 Å². The van der Waals surface area contributed by atoms with Crippen molar-refractivity contribution >= 4 is 39.8 Å². The molecule has 3 nitrogen and oxygen atoms in total.